The van der Waals surface area contributed by atoms with E-state index in [0.29, 0.717) is 27.3 Å². The quantitative estimate of drug-likeness (QED) is 0.419. The first kappa shape index (κ1) is 19.9. The number of pyridine rings is 1. The lowest BCUT2D eigenvalue weighted by molar-refractivity contribution is -0.384. The third-order valence-corrected chi connectivity index (χ3v) is 5.89. The summed E-state index contributed by atoms with van der Waals surface area (Å²) >= 11 is 9.97. The Balaban J connectivity index is 1.70. The van der Waals surface area contributed by atoms with Gasteiger partial charge in [0, 0.05) is 41.7 Å². The molecule has 150 valence electrons. The van der Waals surface area contributed by atoms with Crippen LogP contribution in [0.2, 0.25) is 5.02 Å². The van der Waals surface area contributed by atoms with E-state index >= 15 is 0 Å². The Morgan fingerprint density at radius 1 is 1.17 bits per heavy atom. The maximum absolute atomic E-state index is 11.6. The minimum Gasteiger partial charge on any atom is -0.369 e. The molecule has 0 spiro atoms. The Kier molecular flexibility index (Phi) is 5.58. The Bertz CT molecular complexity index is 1090. The fourth-order valence-corrected chi connectivity index (χ4v) is 4.01. The summed E-state index contributed by atoms with van der Waals surface area (Å²) in [4.78, 5) is 19.9. The number of nitrogens with one attached hydrogen (secondary N) is 1. The Labute approximate surface area is 181 Å². The zero-order chi connectivity index (χ0) is 20.5. The van der Waals surface area contributed by atoms with Crippen LogP contribution in [0, 0.1) is 10.1 Å². The lowest BCUT2D eigenvalue weighted by atomic mass is 10.1. The van der Waals surface area contributed by atoms with Crippen molar-refractivity contribution in [2.45, 2.75) is 0 Å². The number of halogens is 2. The number of aromatic nitrogens is 1. The third-order valence-electron chi connectivity index (χ3n) is 5.09. The molecule has 0 aliphatic carbocycles. The second kappa shape index (κ2) is 8.14. The molecule has 7 nitrogen and oxygen atoms in total. The first-order valence-electron chi connectivity index (χ1n) is 9.15. The van der Waals surface area contributed by atoms with Crippen molar-refractivity contribution < 1.29 is 4.92 Å². The summed E-state index contributed by atoms with van der Waals surface area (Å²) in [6.07, 6.45) is 1.27. The molecule has 1 aliphatic rings. The van der Waals surface area contributed by atoms with Gasteiger partial charge in [0.05, 0.1) is 21.2 Å². The third kappa shape index (κ3) is 4.14. The average molecular weight is 477 g/mol. The van der Waals surface area contributed by atoms with Gasteiger partial charge in [-0.2, -0.15) is 0 Å². The van der Waals surface area contributed by atoms with E-state index in [1.807, 2.05) is 36.4 Å². The second-order valence-corrected chi connectivity index (χ2v) is 8.34. The summed E-state index contributed by atoms with van der Waals surface area (Å²) in [7, 11) is 2.11. The van der Waals surface area contributed by atoms with Crippen molar-refractivity contribution >= 4 is 61.2 Å². The van der Waals surface area contributed by atoms with E-state index in [2.05, 4.69) is 43.1 Å². The van der Waals surface area contributed by atoms with Gasteiger partial charge in [0.25, 0.3) is 0 Å². The fourth-order valence-electron chi connectivity index (χ4n) is 3.43. The molecule has 1 N–H and O–H groups in total. The molecule has 9 heteroatoms. The van der Waals surface area contributed by atoms with Crippen LogP contribution in [0.15, 0.2) is 47.1 Å². The molecule has 1 fully saturated rings. The number of fused-ring (bicyclic) bond motifs is 1. The van der Waals surface area contributed by atoms with Crippen molar-refractivity contribution in [3.05, 3.63) is 62.2 Å². The molecule has 4 rings (SSSR count). The molecule has 0 saturated carbocycles. The molecule has 0 atom stereocenters. The molecule has 1 saturated heterocycles. The molecule has 0 unspecified atom stereocenters. The number of likely N-dealkylation sites (N-methyl/N-ethyl adjacent to an activating group) is 1. The van der Waals surface area contributed by atoms with Crippen LogP contribution < -0.4 is 10.2 Å². The van der Waals surface area contributed by atoms with Crippen LogP contribution in [-0.2, 0) is 0 Å². The van der Waals surface area contributed by atoms with Crippen LogP contribution in [0.5, 0.6) is 0 Å². The summed E-state index contributed by atoms with van der Waals surface area (Å²) in [6, 6.07) is 11.2. The molecule has 0 amide bonds. The fraction of sp³-hybridized carbons (Fsp3) is 0.250. The van der Waals surface area contributed by atoms with Gasteiger partial charge in [0.15, 0.2) is 0 Å². The Morgan fingerprint density at radius 2 is 1.93 bits per heavy atom. The predicted octanol–water partition coefficient (Wildman–Crippen LogP) is 5.05. The van der Waals surface area contributed by atoms with Crippen LogP contribution in [0.1, 0.15) is 0 Å². The van der Waals surface area contributed by atoms with E-state index in [1.165, 1.54) is 6.20 Å². The summed E-state index contributed by atoms with van der Waals surface area (Å²) in [5, 5.41) is 15.9. The topological polar surface area (TPSA) is 74.5 Å². The van der Waals surface area contributed by atoms with E-state index in [9.17, 15) is 10.1 Å². The van der Waals surface area contributed by atoms with Crippen molar-refractivity contribution in [2.75, 3.05) is 43.4 Å². The molecular formula is C20H19BrClN5O2. The lowest BCUT2D eigenvalue weighted by Crippen LogP contribution is -2.44. The summed E-state index contributed by atoms with van der Waals surface area (Å²) in [5.41, 5.74) is 2.59. The predicted molar refractivity (Wildman–Crippen MR) is 121 cm³/mol. The molecule has 1 aliphatic heterocycles. The van der Waals surface area contributed by atoms with E-state index < -0.39 is 4.92 Å². The normalized spacial score (nSPS) is 14.9. The van der Waals surface area contributed by atoms with E-state index in [-0.39, 0.29) is 5.69 Å². The number of nitro groups is 1. The van der Waals surface area contributed by atoms with E-state index in [1.54, 1.807) is 0 Å². The highest BCUT2D eigenvalue weighted by molar-refractivity contribution is 9.10. The van der Waals surface area contributed by atoms with Crippen molar-refractivity contribution in [3.8, 4) is 0 Å². The highest BCUT2D eigenvalue weighted by Crippen LogP contribution is 2.38. The number of benzene rings is 2. The monoisotopic (exact) mass is 475 g/mol. The number of piperazine rings is 1. The molecule has 2 aromatic carbocycles. The molecule has 1 aromatic heterocycles. The van der Waals surface area contributed by atoms with Crippen LogP contribution in [0.4, 0.5) is 22.7 Å². The number of anilines is 3. The maximum Gasteiger partial charge on any atom is 0.311 e. The van der Waals surface area contributed by atoms with Crippen molar-refractivity contribution in [1.29, 1.82) is 0 Å². The first-order valence-corrected chi connectivity index (χ1v) is 10.3. The highest BCUT2D eigenvalue weighted by Gasteiger charge is 2.20. The zero-order valence-corrected chi connectivity index (χ0v) is 18.1. The summed E-state index contributed by atoms with van der Waals surface area (Å²) in [5.74, 6) is 0. The Morgan fingerprint density at radius 3 is 2.62 bits per heavy atom. The smallest absolute Gasteiger partial charge is 0.311 e. The zero-order valence-electron chi connectivity index (χ0n) is 15.7. The van der Waals surface area contributed by atoms with Gasteiger partial charge >= 0.3 is 5.69 Å². The van der Waals surface area contributed by atoms with Gasteiger partial charge in [-0.3, -0.25) is 10.1 Å². The van der Waals surface area contributed by atoms with Crippen LogP contribution in [0.25, 0.3) is 10.9 Å². The van der Waals surface area contributed by atoms with Crippen LogP contribution >= 0.6 is 27.5 Å². The van der Waals surface area contributed by atoms with Crippen LogP contribution in [-0.4, -0.2) is 48.0 Å². The van der Waals surface area contributed by atoms with E-state index in [4.69, 9.17) is 11.6 Å². The standard InChI is InChI=1S/C20H19BrClN5O2/c1-25-6-8-26(9-7-25)14-3-5-18(16(22)11-14)24-20-15-10-13(21)2-4-17(15)23-12-19(20)27(28)29/h2-5,10-12H,6-9H2,1H3,(H,23,24). The Hall–Kier alpha value is -2.42. The van der Waals surface area contributed by atoms with Gasteiger partial charge in [0.1, 0.15) is 11.9 Å². The second-order valence-electron chi connectivity index (χ2n) is 7.02. The van der Waals surface area contributed by atoms with Gasteiger partial charge in [-0.1, -0.05) is 27.5 Å². The molecule has 0 radical (unpaired) electrons. The van der Waals surface area contributed by atoms with Gasteiger partial charge < -0.3 is 15.1 Å². The summed E-state index contributed by atoms with van der Waals surface area (Å²) < 4.78 is 0.812. The number of hydrogen-bond acceptors (Lipinski definition) is 6. The largest absolute Gasteiger partial charge is 0.369 e. The first-order chi connectivity index (χ1) is 13.9. The van der Waals surface area contributed by atoms with Gasteiger partial charge in [-0.15, -0.1) is 0 Å². The molecule has 2 heterocycles. The minimum atomic E-state index is -0.442. The van der Waals surface area contributed by atoms with Crippen molar-refractivity contribution in [1.82, 2.24) is 9.88 Å². The highest BCUT2D eigenvalue weighted by atomic mass is 79.9. The molecule has 3 aromatic rings. The molecule has 29 heavy (non-hydrogen) atoms. The van der Waals surface area contributed by atoms with Gasteiger partial charge in [-0.05, 0) is 43.4 Å². The van der Waals surface area contributed by atoms with Gasteiger partial charge in [-0.25, -0.2) is 4.98 Å². The number of rotatable bonds is 4. The molecular weight excluding hydrogens is 458 g/mol. The van der Waals surface area contributed by atoms with Crippen LogP contribution in [0.3, 0.4) is 0 Å². The SMILES string of the molecule is CN1CCN(c2ccc(Nc3c([N+](=O)[O-])cnc4ccc(Br)cc34)c(Cl)c2)CC1. The lowest BCUT2D eigenvalue weighted by Gasteiger charge is -2.34. The van der Waals surface area contributed by atoms with E-state index in [0.717, 1.165) is 36.3 Å². The summed E-state index contributed by atoms with van der Waals surface area (Å²) in [6.45, 7) is 3.88. The number of hydrogen-bond donors (Lipinski definition) is 1. The minimum absolute atomic E-state index is 0.102. The van der Waals surface area contributed by atoms with Crippen molar-refractivity contribution in [2.24, 2.45) is 0 Å². The van der Waals surface area contributed by atoms with Gasteiger partial charge in [0.2, 0.25) is 0 Å². The maximum atomic E-state index is 11.6. The van der Waals surface area contributed by atoms with Crippen molar-refractivity contribution in [3.63, 3.8) is 0 Å². The average Bonchev–Trinajstić information content (AvgIpc) is 2.70. The molecule has 0 bridgehead atoms. The number of nitrogens with zero attached hydrogens (tertiary/aromatic N) is 4.